The number of hydrogen-bond donors (Lipinski definition) is 3. The molecule has 20 heavy (non-hydrogen) atoms. The molecule has 0 unspecified atom stereocenters. The number of sulfonamides is 1. The van der Waals surface area contributed by atoms with Gasteiger partial charge in [0.15, 0.2) is 0 Å². The summed E-state index contributed by atoms with van der Waals surface area (Å²) in [6.45, 7) is 0.627. The molecule has 0 aliphatic rings. The predicted octanol–water partition coefficient (Wildman–Crippen LogP) is 1.58. The third kappa shape index (κ3) is 3.80. The van der Waals surface area contributed by atoms with E-state index in [0.29, 0.717) is 6.54 Å². The molecule has 0 fully saturated rings. The zero-order valence-electron chi connectivity index (χ0n) is 10.9. The molecule has 0 amide bonds. The van der Waals surface area contributed by atoms with Crippen molar-refractivity contribution < 1.29 is 8.42 Å². The number of benzene rings is 2. The largest absolute Gasteiger partial charge is 0.356 e. The van der Waals surface area contributed by atoms with Gasteiger partial charge in [0.1, 0.15) is 0 Å². The van der Waals surface area contributed by atoms with Crippen molar-refractivity contribution in [3.8, 4) is 0 Å². The predicted molar refractivity (Wildman–Crippen MR) is 80.3 cm³/mol. The Morgan fingerprint density at radius 2 is 1.40 bits per heavy atom. The normalized spacial score (nSPS) is 11.3. The van der Waals surface area contributed by atoms with E-state index in [9.17, 15) is 8.42 Å². The van der Waals surface area contributed by atoms with E-state index in [-0.39, 0.29) is 4.90 Å². The summed E-state index contributed by atoms with van der Waals surface area (Å²) < 4.78 is 22.3. The summed E-state index contributed by atoms with van der Waals surface area (Å²) in [5.74, 6) is 0. The van der Waals surface area contributed by atoms with Gasteiger partial charge >= 0.3 is 0 Å². The monoisotopic (exact) mass is 291 g/mol. The number of nitrogens with two attached hydrogens (primary N) is 2. The fourth-order valence-corrected chi connectivity index (χ4v) is 2.33. The number of anilines is 2. The Kier molecular flexibility index (Phi) is 4.39. The molecule has 5 nitrogen and oxygen atoms in total. The molecule has 0 heterocycles. The lowest BCUT2D eigenvalue weighted by Crippen LogP contribution is -2.11. The van der Waals surface area contributed by atoms with Gasteiger partial charge < -0.3 is 11.1 Å². The molecule has 0 bridgehead atoms. The molecule has 0 aliphatic heterocycles. The molecule has 2 aromatic carbocycles. The van der Waals surface area contributed by atoms with E-state index in [1.807, 2.05) is 24.3 Å². The molecule has 0 saturated heterocycles. The molecular formula is C14H17N3O2S. The molecule has 5 N–H and O–H groups in total. The molecule has 0 spiro atoms. The van der Waals surface area contributed by atoms with Gasteiger partial charge in [0.05, 0.1) is 4.90 Å². The molecule has 2 aromatic rings. The van der Waals surface area contributed by atoms with Crippen LogP contribution in [0.15, 0.2) is 53.4 Å². The van der Waals surface area contributed by atoms with Crippen LogP contribution < -0.4 is 16.2 Å². The van der Waals surface area contributed by atoms with Crippen molar-refractivity contribution in [2.24, 2.45) is 10.9 Å². The summed E-state index contributed by atoms with van der Waals surface area (Å²) in [7, 11) is -3.64. The van der Waals surface area contributed by atoms with Gasteiger partial charge in [-0.3, -0.25) is 0 Å². The van der Waals surface area contributed by atoms with Gasteiger partial charge in [0, 0.05) is 11.4 Å². The number of hydrogen-bond acceptors (Lipinski definition) is 4. The van der Waals surface area contributed by atoms with Crippen LogP contribution in [0.4, 0.5) is 11.4 Å². The molecule has 0 aliphatic carbocycles. The summed E-state index contributed by atoms with van der Waals surface area (Å²) >= 11 is 0. The first kappa shape index (κ1) is 14.5. The molecule has 0 saturated carbocycles. The third-order valence-corrected chi connectivity index (χ3v) is 3.79. The minimum atomic E-state index is -3.64. The van der Waals surface area contributed by atoms with E-state index in [0.717, 1.165) is 17.8 Å². The first-order chi connectivity index (χ1) is 9.49. The Morgan fingerprint density at radius 1 is 0.900 bits per heavy atom. The van der Waals surface area contributed by atoms with Crippen molar-refractivity contribution in [3.05, 3.63) is 54.1 Å². The van der Waals surface area contributed by atoms with E-state index in [1.165, 1.54) is 17.7 Å². The maximum absolute atomic E-state index is 11.1. The van der Waals surface area contributed by atoms with Crippen molar-refractivity contribution in [1.82, 2.24) is 0 Å². The van der Waals surface area contributed by atoms with Gasteiger partial charge in [-0.15, -0.1) is 0 Å². The molecular weight excluding hydrogens is 274 g/mol. The Bertz CT molecular complexity index is 665. The Labute approximate surface area is 118 Å². The molecule has 0 atom stereocenters. The lowest BCUT2D eigenvalue weighted by Gasteiger charge is -2.08. The van der Waals surface area contributed by atoms with E-state index in [2.05, 4.69) is 5.32 Å². The Balaban J connectivity index is 2.10. The lowest BCUT2D eigenvalue weighted by molar-refractivity contribution is 0.598. The van der Waals surface area contributed by atoms with E-state index >= 15 is 0 Å². The van der Waals surface area contributed by atoms with E-state index in [1.54, 1.807) is 12.1 Å². The average Bonchev–Trinajstić information content (AvgIpc) is 2.41. The van der Waals surface area contributed by atoms with Crippen molar-refractivity contribution in [3.63, 3.8) is 0 Å². The zero-order valence-corrected chi connectivity index (χ0v) is 11.7. The zero-order chi connectivity index (χ0) is 14.6. The smallest absolute Gasteiger partial charge is 0.238 e. The molecule has 0 aromatic heterocycles. The highest BCUT2D eigenvalue weighted by Crippen LogP contribution is 2.19. The average molecular weight is 291 g/mol. The molecule has 106 valence electrons. The summed E-state index contributed by atoms with van der Waals surface area (Å²) in [6.07, 6.45) is 0.851. The van der Waals surface area contributed by atoms with Crippen molar-refractivity contribution in [1.29, 1.82) is 0 Å². The first-order valence-electron chi connectivity index (χ1n) is 6.18. The van der Waals surface area contributed by atoms with Crippen LogP contribution in [0.3, 0.4) is 0 Å². The van der Waals surface area contributed by atoms with Crippen molar-refractivity contribution in [2.75, 3.05) is 11.9 Å². The van der Waals surface area contributed by atoms with Gasteiger partial charge in [-0.05, 0) is 54.9 Å². The van der Waals surface area contributed by atoms with Crippen LogP contribution in [0.2, 0.25) is 0 Å². The maximum atomic E-state index is 11.1. The highest BCUT2D eigenvalue weighted by molar-refractivity contribution is 7.89. The molecule has 6 heteroatoms. The van der Waals surface area contributed by atoms with Crippen molar-refractivity contribution in [2.45, 2.75) is 11.3 Å². The fourth-order valence-electron chi connectivity index (χ4n) is 1.82. The highest BCUT2D eigenvalue weighted by Gasteiger charge is 2.06. The number of nitrogens with one attached hydrogen (secondary N) is 1. The van der Waals surface area contributed by atoms with Crippen LogP contribution in [0.5, 0.6) is 0 Å². The number of rotatable bonds is 5. The minimum absolute atomic E-state index is 0.0985. The Hall–Kier alpha value is -1.89. The van der Waals surface area contributed by atoms with Gasteiger partial charge in [0.25, 0.3) is 0 Å². The quantitative estimate of drug-likeness (QED) is 0.779. The topological polar surface area (TPSA) is 98.2 Å². The van der Waals surface area contributed by atoms with E-state index < -0.39 is 10.0 Å². The fraction of sp³-hybridized carbons (Fsp3) is 0.143. The van der Waals surface area contributed by atoms with Crippen LogP contribution in [0.1, 0.15) is 5.56 Å². The van der Waals surface area contributed by atoms with Gasteiger partial charge in [-0.1, -0.05) is 12.1 Å². The second-order valence-electron chi connectivity index (χ2n) is 4.43. The van der Waals surface area contributed by atoms with E-state index in [4.69, 9.17) is 10.9 Å². The maximum Gasteiger partial charge on any atom is 0.238 e. The summed E-state index contributed by atoms with van der Waals surface area (Å²) in [6, 6.07) is 14.2. The first-order valence-corrected chi connectivity index (χ1v) is 7.72. The molecule has 2 rings (SSSR count). The minimum Gasteiger partial charge on any atom is -0.356 e. The van der Waals surface area contributed by atoms with Crippen LogP contribution in [0, 0.1) is 0 Å². The van der Waals surface area contributed by atoms with Crippen LogP contribution >= 0.6 is 0 Å². The lowest BCUT2D eigenvalue weighted by atomic mass is 10.1. The summed E-state index contributed by atoms with van der Waals surface area (Å²) in [5.41, 5.74) is 8.40. The second-order valence-corrected chi connectivity index (χ2v) is 5.99. The van der Waals surface area contributed by atoms with Crippen LogP contribution in [-0.4, -0.2) is 15.0 Å². The highest BCUT2D eigenvalue weighted by atomic mass is 32.2. The number of primary sulfonamides is 1. The van der Waals surface area contributed by atoms with Gasteiger partial charge in [0.2, 0.25) is 10.0 Å². The summed E-state index contributed by atoms with van der Waals surface area (Å²) in [4.78, 5) is 0.0985. The summed E-state index contributed by atoms with van der Waals surface area (Å²) in [5, 5.41) is 8.23. The third-order valence-electron chi connectivity index (χ3n) is 2.86. The van der Waals surface area contributed by atoms with Gasteiger partial charge in [-0.2, -0.15) is 0 Å². The second kappa shape index (κ2) is 6.04. The van der Waals surface area contributed by atoms with Crippen molar-refractivity contribution >= 4 is 21.4 Å². The van der Waals surface area contributed by atoms with Crippen LogP contribution in [-0.2, 0) is 16.4 Å². The standard InChI is InChI=1S/C14H17N3O2S/c15-10-9-11-1-3-12(4-2-11)17-13-5-7-14(8-6-13)20(16,18)19/h1-8,17H,9-10,15H2,(H2,16,18,19). The van der Waals surface area contributed by atoms with Crippen LogP contribution in [0.25, 0.3) is 0 Å². The SMILES string of the molecule is NCCc1ccc(Nc2ccc(S(N)(=O)=O)cc2)cc1. The van der Waals surface area contributed by atoms with Gasteiger partial charge in [-0.25, -0.2) is 13.6 Å². The molecule has 0 radical (unpaired) electrons. The Morgan fingerprint density at radius 3 is 1.85 bits per heavy atom.